The maximum Gasteiger partial charge on any atom is 0.230 e. The number of nitrogens with zero attached hydrogens (tertiary/aromatic N) is 3. The molecule has 2 aromatic rings. The quantitative estimate of drug-likeness (QED) is 0.231. The predicted octanol–water partition coefficient (Wildman–Crippen LogP) is 1.85. The maximum absolute atomic E-state index is 13.5. The molecule has 3 rings (SSSR count). The SMILES string of the molecule is CCNC(=O)CSc1nonc1/C(=N\O)N[C@H]1CCc2ccc(F)cc21. The third kappa shape index (κ3) is 3.96. The van der Waals surface area contributed by atoms with Gasteiger partial charge in [0, 0.05) is 6.54 Å². The van der Waals surface area contributed by atoms with Crippen molar-refractivity contribution in [3.63, 3.8) is 0 Å². The van der Waals surface area contributed by atoms with Crippen LogP contribution >= 0.6 is 11.8 Å². The average molecular weight is 379 g/mol. The number of benzene rings is 1. The van der Waals surface area contributed by atoms with Crippen molar-refractivity contribution in [3.05, 3.63) is 40.8 Å². The number of halogens is 1. The average Bonchev–Trinajstić information content (AvgIpc) is 3.25. The van der Waals surface area contributed by atoms with Gasteiger partial charge in [0.1, 0.15) is 5.82 Å². The van der Waals surface area contributed by atoms with Crippen molar-refractivity contribution in [2.45, 2.75) is 30.8 Å². The molecule has 1 aliphatic carbocycles. The van der Waals surface area contributed by atoms with Crippen molar-refractivity contribution in [2.24, 2.45) is 5.16 Å². The van der Waals surface area contributed by atoms with Gasteiger partial charge in [-0.15, -0.1) is 0 Å². The number of hydrogen-bond acceptors (Lipinski definition) is 7. The topological polar surface area (TPSA) is 113 Å². The second-order valence-corrected chi connectivity index (χ2v) is 6.65. The largest absolute Gasteiger partial charge is 0.409 e. The zero-order chi connectivity index (χ0) is 18.5. The minimum absolute atomic E-state index is 0.0618. The Hall–Kier alpha value is -2.62. The highest BCUT2D eigenvalue weighted by Crippen LogP contribution is 2.32. The fraction of sp³-hybridized carbons (Fsp3) is 0.375. The standard InChI is InChI=1S/C16H18FN5O3S/c1-2-18-13(23)8-26-16-14(21-25-22-16)15(20-24)19-12-6-4-9-3-5-10(17)7-11(9)12/h3,5,7,12,24H,2,4,6,8H2,1H3,(H,18,23)(H,19,20)/t12-/m0/s1. The molecule has 0 aliphatic heterocycles. The van der Waals surface area contributed by atoms with Gasteiger partial charge in [0.25, 0.3) is 0 Å². The Bertz CT molecular complexity index is 826. The summed E-state index contributed by atoms with van der Waals surface area (Å²) < 4.78 is 18.3. The van der Waals surface area contributed by atoms with Gasteiger partial charge < -0.3 is 15.8 Å². The van der Waals surface area contributed by atoms with Gasteiger partial charge in [-0.05, 0) is 53.3 Å². The van der Waals surface area contributed by atoms with Gasteiger partial charge >= 0.3 is 0 Å². The van der Waals surface area contributed by atoms with E-state index in [1.165, 1.54) is 12.1 Å². The molecular weight excluding hydrogens is 361 g/mol. The Kier molecular flexibility index (Phi) is 5.71. The molecule has 1 heterocycles. The van der Waals surface area contributed by atoms with Crippen LogP contribution in [0.25, 0.3) is 0 Å². The van der Waals surface area contributed by atoms with Gasteiger partial charge in [-0.3, -0.25) is 4.79 Å². The highest BCUT2D eigenvalue weighted by molar-refractivity contribution is 8.00. The number of hydrogen-bond donors (Lipinski definition) is 3. The van der Waals surface area contributed by atoms with Gasteiger partial charge in [-0.2, -0.15) is 0 Å². The number of carbonyl (C=O) groups excluding carboxylic acids is 1. The van der Waals surface area contributed by atoms with Crippen molar-refractivity contribution < 1.29 is 19.0 Å². The van der Waals surface area contributed by atoms with Crippen molar-refractivity contribution in [1.82, 2.24) is 20.9 Å². The molecule has 1 aromatic heterocycles. The lowest BCUT2D eigenvalue weighted by Crippen LogP contribution is -2.29. The molecule has 10 heteroatoms. The summed E-state index contributed by atoms with van der Waals surface area (Å²) in [6.07, 6.45) is 1.52. The molecular formula is C16H18FN5O3S. The van der Waals surface area contributed by atoms with Gasteiger partial charge in [0.15, 0.2) is 16.6 Å². The number of oxime groups is 1. The number of nitrogens with one attached hydrogen (secondary N) is 2. The van der Waals surface area contributed by atoms with E-state index in [0.29, 0.717) is 11.6 Å². The van der Waals surface area contributed by atoms with Crippen LogP contribution in [-0.2, 0) is 11.2 Å². The summed E-state index contributed by atoms with van der Waals surface area (Å²) in [6.45, 7) is 2.36. The summed E-state index contributed by atoms with van der Waals surface area (Å²) in [4.78, 5) is 11.6. The van der Waals surface area contributed by atoms with Gasteiger partial charge in [0.05, 0.1) is 11.8 Å². The van der Waals surface area contributed by atoms with Gasteiger partial charge in [-0.1, -0.05) is 23.0 Å². The Morgan fingerprint density at radius 3 is 3.12 bits per heavy atom. The van der Waals surface area contributed by atoms with E-state index in [0.717, 1.165) is 35.7 Å². The summed E-state index contributed by atoms with van der Waals surface area (Å²) in [6, 6.07) is 4.44. The molecule has 8 nitrogen and oxygen atoms in total. The zero-order valence-corrected chi connectivity index (χ0v) is 14.8. The molecule has 0 bridgehead atoms. The Morgan fingerprint density at radius 1 is 1.50 bits per heavy atom. The predicted molar refractivity (Wildman–Crippen MR) is 92.6 cm³/mol. The second kappa shape index (κ2) is 8.17. The van der Waals surface area contributed by atoms with Crippen molar-refractivity contribution >= 4 is 23.5 Å². The van der Waals surface area contributed by atoms with Crippen LogP contribution in [-0.4, -0.2) is 39.6 Å². The smallest absolute Gasteiger partial charge is 0.230 e. The summed E-state index contributed by atoms with van der Waals surface area (Å²) >= 11 is 1.12. The molecule has 0 saturated heterocycles. The number of aromatic nitrogens is 2. The van der Waals surface area contributed by atoms with E-state index >= 15 is 0 Å². The van der Waals surface area contributed by atoms with Gasteiger partial charge in [0.2, 0.25) is 5.91 Å². The lowest BCUT2D eigenvalue weighted by Gasteiger charge is -2.15. The molecule has 0 radical (unpaired) electrons. The van der Waals surface area contributed by atoms with Gasteiger partial charge in [-0.25, -0.2) is 9.02 Å². The number of carbonyl (C=O) groups is 1. The van der Waals surface area contributed by atoms with Crippen LogP contribution in [0.5, 0.6) is 0 Å². The first kappa shape index (κ1) is 18.2. The van der Waals surface area contributed by atoms with Crippen molar-refractivity contribution in [3.8, 4) is 0 Å². The molecule has 1 aliphatic rings. The van der Waals surface area contributed by atoms with E-state index in [9.17, 15) is 14.4 Å². The summed E-state index contributed by atoms with van der Waals surface area (Å²) in [7, 11) is 0. The third-order valence-electron chi connectivity index (χ3n) is 3.99. The van der Waals surface area contributed by atoms with Crippen LogP contribution in [0.4, 0.5) is 4.39 Å². The molecule has 3 N–H and O–H groups in total. The van der Waals surface area contributed by atoms with Crippen molar-refractivity contribution in [1.29, 1.82) is 0 Å². The first-order valence-electron chi connectivity index (χ1n) is 8.11. The second-order valence-electron chi connectivity index (χ2n) is 5.69. The molecule has 1 amide bonds. The monoisotopic (exact) mass is 379 g/mol. The van der Waals surface area contributed by atoms with E-state index < -0.39 is 0 Å². The Labute approximate surface area is 153 Å². The van der Waals surface area contributed by atoms with E-state index in [4.69, 9.17) is 4.63 Å². The minimum atomic E-state index is -0.318. The van der Waals surface area contributed by atoms with E-state index in [1.807, 2.05) is 6.92 Å². The third-order valence-corrected chi connectivity index (χ3v) is 4.94. The highest BCUT2D eigenvalue weighted by Gasteiger charge is 2.27. The molecule has 138 valence electrons. The van der Waals surface area contributed by atoms with Crippen LogP contribution in [0.1, 0.15) is 36.2 Å². The fourth-order valence-corrected chi connectivity index (χ4v) is 3.56. The Balaban J connectivity index is 1.73. The number of fused-ring (bicyclic) bond motifs is 1. The minimum Gasteiger partial charge on any atom is -0.409 e. The molecule has 1 aromatic carbocycles. The fourth-order valence-electron chi connectivity index (χ4n) is 2.83. The number of aryl methyl sites for hydroxylation is 1. The zero-order valence-electron chi connectivity index (χ0n) is 14.0. The number of amidine groups is 1. The number of thioether (sulfide) groups is 1. The molecule has 1 atom stereocenters. The highest BCUT2D eigenvalue weighted by atomic mass is 32.2. The van der Waals surface area contributed by atoms with E-state index in [1.54, 1.807) is 6.07 Å². The molecule has 26 heavy (non-hydrogen) atoms. The first-order valence-corrected chi connectivity index (χ1v) is 9.10. The lowest BCUT2D eigenvalue weighted by atomic mass is 10.1. The summed E-state index contributed by atoms with van der Waals surface area (Å²) in [5.41, 5.74) is 2.07. The normalized spacial score (nSPS) is 16.4. The maximum atomic E-state index is 13.5. The van der Waals surface area contributed by atoms with Crippen LogP contribution in [0, 0.1) is 5.82 Å². The van der Waals surface area contributed by atoms with Crippen LogP contribution < -0.4 is 10.6 Å². The van der Waals surface area contributed by atoms with Crippen molar-refractivity contribution in [2.75, 3.05) is 12.3 Å². The van der Waals surface area contributed by atoms with Crippen LogP contribution in [0.15, 0.2) is 33.0 Å². The first-order chi connectivity index (χ1) is 12.6. The van der Waals surface area contributed by atoms with Crippen LogP contribution in [0.3, 0.4) is 0 Å². The molecule has 0 unspecified atom stereocenters. The Morgan fingerprint density at radius 2 is 2.35 bits per heavy atom. The van der Waals surface area contributed by atoms with E-state index in [-0.39, 0.29) is 35.0 Å². The molecule has 0 saturated carbocycles. The number of amides is 1. The van der Waals surface area contributed by atoms with Crippen LogP contribution in [0.2, 0.25) is 0 Å². The summed E-state index contributed by atoms with van der Waals surface area (Å²) in [5.74, 6) is -0.277. The molecule has 0 spiro atoms. The molecule has 0 fully saturated rings. The van der Waals surface area contributed by atoms with E-state index in [2.05, 4.69) is 26.1 Å². The lowest BCUT2D eigenvalue weighted by molar-refractivity contribution is -0.118. The summed E-state index contributed by atoms with van der Waals surface area (Å²) in [5, 5.41) is 26.2. The number of rotatable bonds is 6.